The van der Waals surface area contributed by atoms with Crippen molar-refractivity contribution in [1.82, 2.24) is 15.8 Å². The number of hydrogen-bond donors (Lipinski definition) is 2. The summed E-state index contributed by atoms with van der Waals surface area (Å²) in [5.41, 5.74) is 1.59. The molecule has 7 heteroatoms. The predicted octanol–water partition coefficient (Wildman–Crippen LogP) is 1.56. The van der Waals surface area contributed by atoms with Crippen molar-refractivity contribution in [1.29, 1.82) is 0 Å². The van der Waals surface area contributed by atoms with Crippen LogP contribution in [0.2, 0.25) is 0 Å². The van der Waals surface area contributed by atoms with Crippen LogP contribution in [0.5, 0.6) is 0 Å². The van der Waals surface area contributed by atoms with Gasteiger partial charge in [0.1, 0.15) is 5.76 Å². The largest absolute Gasteiger partial charge is 0.361 e. The Hall–Kier alpha value is -1.50. The maximum Gasteiger partial charge on any atom is 0.239 e. The van der Waals surface area contributed by atoms with E-state index in [4.69, 9.17) is 4.52 Å². The van der Waals surface area contributed by atoms with E-state index in [0.717, 1.165) is 17.0 Å². The van der Waals surface area contributed by atoms with Gasteiger partial charge in [-0.25, -0.2) is 0 Å². The second kappa shape index (κ2) is 7.49. The first kappa shape index (κ1) is 17.6. The first-order valence-corrected chi connectivity index (χ1v) is 7.91. The van der Waals surface area contributed by atoms with Crippen molar-refractivity contribution in [3.05, 3.63) is 17.0 Å². The first-order chi connectivity index (χ1) is 9.69. The molecule has 2 N–H and O–H groups in total. The van der Waals surface area contributed by atoms with Crippen LogP contribution in [-0.2, 0) is 15.3 Å². The van der Waals surface area contributed by atoms with Crippen LogP contribution in [0.1, 0.15) is 37.8 Å². The monoisotopic (exact) mass is 313 g/mol. The highest BCUT2D eigenvalue weighted by Gasteiger charge is 2.14. The van der Waals surface area contributed by atoms with Crippen molar-refractivity contribution in [2.24, 2.45) is 0 Å². The Bertz CT molecular complexity index is 487. The number of nitrogens with zero attached hydrogens (tertiary/aromatic N) is 1. The zero-order valence-electron chi connectivity index (χ0n) is 13.2. The van der Waals surface area contributed by atoms with Gasteiger partial charge in [0.15, 0.2) is 0 Å². The molecule has 0 saturated carbocycles. The third-order valence-corrected chi connectivity index (χ3v) is 3.58. The van der Waals surface area contributed by atoms with E-state index in [9.17, 15) is 9.59 Å². The molecule has 0 unspecified atom stereocenters. The molecule has 0 aromatic carbocycles. The third-order valence-electron chi connectivity index (χ3n) is 2.62. The lowest BCUT2D eigenvalue weighted by Crippen LogP contribution is -2.46. The van der Waals surface area contributed by atoms with Gasteiger partial charge >= 0.3 is 0 Å². The van der Waals surface area contributed by atoms with E-state index in [2.05, 4.69) is 15.8 Å². The van der Waals surface area contributed by atoms with Crippen LogP contribution in [0.3, 0.4) is 0 Å². The topological polar surface area (TPSA) is 84.2 Å². The normalized spacial score (nSPS) is 11.3. The number of hydrogen-bond acceptors (Lipinski definition) is 5. The Labute approximate surface area is 129 Å². The highest BCUT2D eigenvalue weighted by molar-refractivity contribution is 7.99. The van der Waals surface area contributed by atoms with E-state index >= 15 is 0 Å². The minimum Gasteiger partial charge on any atom is -0.361 e. The number of rotatable bonds is 6. The molecule has 1 rings (SSSR count). The second-order valence-electron chi connectivity index (χ2n) is 5.87. The van der Waals surface area contributed by atoms with Gasteiger partial charge in [0.2, 0.25) is 11.8 Å². The van der Waals surface area contributed by atoms with Gasteiger partial charge in [-0.05, 0) is 34.6 Å². The average molecular weight is 313 g/mol. The SMILES string of the molecule is Cc1noc(C)c1CSCC(=O)NCC(=O)NC(C)(C)C. The van der Waals surface area contributed by atoms with Crippen LogP contribution in [-0.4, -0.2) is 34.8 Å². The van der Waals surface area contributed by atoms with Crippen molar-refractivity contribution in [2.45, 2.75) is 45.9 Å². The van der Waals surface area contributed by atoms with Crippen LogP contribution >= 0.6 is 11.8 Å². The maximum atomic E-state index is 11.7. The number of amides is 2. The van der Waals surface area contributed by atoms with Gasteiger partial charge in [-0.15, -0.1) is 11.8 Å². The summed E-state index contributed by atoms with van der Waals surface area (Å²) in [5.74, 6) is 1.41. The Balaban J connectivity index is 2.24. The lowest BCUT2D eigenvalue weighted by atomic mass is 10.1. The van der Waals surface area contributed by atoms with E-state index in [1.54, 1.807) is 0 Å². The first-order valence-electron chi connectivity index (χ1n) is 6.76. The quantitative estimate of drug-likeness (QED) is 0.832. The molecule has 0 atom stereocenters. The number of nitrogens with one attached hydrogen (secondary N) is 2. The van der Waals surface area contributed by atoms with Gasteiger partial charge < -0.3 is 15.2 Å². The molecule has 0 fully saturated rings. The summed E-state index contributed by atoms with van der Waals surface area (Å²) >= 11 is 1.47. The molecule has 1 aromatic heterocycles. The fraction of sp³-hybridized carbons (Fsp3) is 0.643. The van der Waals surface area contributed by atoms with Crippen molar-refractivity contribution < 1.29 is 14.1 Å². The molecule has 6 nitrogen and oxygen atoms in total. The Morgan fingerprint density at radius 3 is 2.43 bits per heavy atom. The van der Waals surface area contributed by atoms with Crippen molar-refractivity contribution in [2.75, 3.05) is 12.3 Å². The number of aryl methyl sites for hydroxylation is 2. The number of carbonyl (C=O) groups excluding carboxylic acids is 2. The standard InChI is InChI=1S/C14H23N3O3S/c1-9-11(10(2)20-17-9)7-21-8-13(19)15-6-12(18)16-14(3,4)5/h6-8H2,1-5H3,(H,15,19)(H,16,18). The van der Waals surface area contributed by atoms with E-state index in [-0.39, 0.29) is 23.9 Å². The molecule has 0 aliphatic rings. The summed E-state index contributed by atoms with van der Waals surface area (Å²) < 4.78 is 5.06. The zero-order chi connectivity index (χ0) is 16.0. The van der Waals surface area contributed by atoms with Gasteiger partial charge in [0.25, 0.3) is 0 Å². The Morgan fingerprint density at radius 2 is 1.90 bits per heavy atom. The fourth-order valence-corrected chi connectivity index (χ4v) is 2.65. The van der Waals surface area contributed by atoms with Crippen molar-refractivity contribution in [3.63, 3.8) is 0 Å². The van der Waals surface area contributed by atoms with Crippen LogP contribution in [0, 0.1) is 13.8 Å². The third kappa shape index (κ3) is 6.66. The van der Waals surface area contributed by atoms with Crippen LogP contribution in [0.15, 0.2) is 4.52 Å². The molecule has 0 radical (unpaired) electrons. The molecule has 118 valence electrons. The fourth-order valence-electron chi connectivity index (χ4n) is 1.65. The van der Waals surface area contributed by atoms with E-state index in [0.29, 0.717) is 11.5 Å². The minimum atomic E-state index is -0.292. The number of thioether (sulfide) groups is 1. The molecule has 1 heterocycles. The van der Waals surface area contributed by atoms with E-state index in [1.807, 2.05) is 34.6 Å². The smallest absolute Gasteiger partial charge is 0.239 e. The van der Waals surface area contributed by atoms with Crippen LogP contribution < -0.4 is 10.6 Å². The van der Waals surface area contributed by atoms with Gasteiger partial charge in [0, 0.05) is 16.9 Å². The predicted molar refractivity (Wildman–Crippen MR) is 83.0 cm³/mol. The summed E-state index contributed by atoms with van der Waals surface area (Å²) in [6.45, 7) is 9.42. The lowest BCUT2D eigenvalue weighted by molar-refractivity contribution is -0.125. The summed E-state index contributed by atoms with van der Waals surface area (Å²) in [7, 11) is 0. The Morgan fingerprint density at radius 1 is 1.24 bits per heavy atom. The average Bonchev–Trinajstić information content (AvgIpc) is 2.66. The summed E-state index contributed by atoms with van der Waals surface area (Å²) in [6.07, 6.45) is 0. The maximum absolute atomic E-state index is 11.7. The summed E-state index contributed by atoms with van der Waals surface area (Å²) in [5, 5.41) is 9.26. The molecular weight excluding hydrogens is 290 g/mol. The zero-order valence-corrected chi connectivity index (χ0v) is 14.0. The summed E-state index contributed by atoms with van der Waals surface area (Å²) in [6, 6.07) is 0. The molecule has 2 amide bonds. The minimum absolute atomic E-state index is 0.00197. The van der Waals surface area contributed by atoms with E-state index in [1.165, 1.54) is 11.8 Å². The molecule has 0 aliphatic carbocycles. The summed E-state index contributed by atoms with van der Waals surface area (Å²) in [4.78, 5) is 23.2. The van der Waals surface area contributed by atoms with Crippen LogP contribution in [0.25, 0.3) is 0 Å². The van der Waals surface area contributed by atoms with Crippen molar-refractivity contribution >= 4 is 23.6 Å². The van der Waals surface area contributed by atoms with Crippen LogP contribution in [0.4, 0.5) is 0 Å². The number of carbonyl (C=O) groups is 2. The van der Waals surface area contributed by atoms with Gasteiger partial charge in [-0.2, -0.15) is 0 Å². The van der Waals surface area contributed by atoms with Gasteiger partial charge in [0.05, 0.1) is 18.0 Å². The molecule has 0 bridgehead atoms. The molecule has 0 spiro atoms. The van der Waals surface area contributed by atoms with Crippen molar-refractivity contribution in [3.8, 4) is 0 Å². The van der Waals surface area contributed by atoms with E-state index < -0.39 is 0 Å². The highest BCUT2D eigenvalue weighted by atomic mass is 32.2. The highest BCUT2D eigenvalue weighted by Crippen LogP contribution is 2.19. The van der Waals surface area contributed by atoms with Gasteiger partial charge in [-0.3, -0.25) is 9.59 Å². The second-order valence-corrected chi connectivity index (χ2v) is 6.86. The molecular formula is C14H23N3O3S. The molecule has 0 aliphatic heterocycles. The lowest BCUT2D eigenvalue weighted by Gasteiger charge is -2.20. The number of aromatic nitrogens is 1. The Kier molecular flexibility index (Phi) is 6.26. The molecule has 21 heavy (non-hydrogen) atoms. The molecule has 1 aromatic rings. The molecule has 0 saturated heterocycles. The van der Waals surface area contributed by atoms with Gasteiger partial charge in [-0.1, -0.05) is 5.16 Å².